The Morgan fingerprint density at radius 2 is 1.78 bits per heavy atom. The quantitative estimate of drug-likeness (QED) is 0.675. The van der Waals surface area contributed by atoms with Gasteiger partial charge in [0.05, 0.1) is 12.8 Å². The van der Waals surface area contributed by atoms with Gasteiger partial charge in [0.1, 0.15) is 44.3 Å². The first-order chi connectivity index (χ1) is 13.1. The van der Waals surface area contributed by atoms with Gasteiger partial charge in [-0.3, -0.25) is 4.79 Å². The predicted molar refractivity (Wildman–Crippen MR) is 103 cm³/mol. The van der Waals surface area contributed by atoms with Crippen LogP contribution in [0, 0.1) is 5.82 Å². The predicted octanol–water partition coefficient (Wildman–Crippen LogP) is 0.145. The molecule has 1 atom stereocenters. The van der Waals surface area contributed by atoms with E-state index in [2.05, 4.69) is 17.4 Å². The minimum atomic E-state index is -0.401. The molecule has 0 spiro atoms. The van der Waals surface area contributed by atoms with Gasteiger partial charge in [-0.2, -0.15) is 0 Å². The molecule has 144 valence electrons. The van der Waals surface area contributed by atoms with Crippen molar-refractivity contribution in [1.82, 2.24) is 0 Å². The lowest BCUT2D eigenvalue weighted by atomic mass is 10.1. The van der Waals surface area contributed by atoms with Crippen LogP contribution in [0.25, 0.3) is 0 Å². The van der Waals surface area contributed by atoms with E-state index in [0.29, 0.717) is 0 Å². The number of quaternary nitrogens is 2. The van der Waals surface area contributed by atoms with Gasteiger partial charge in [0, 0.05) is 5.56 Å². The highest BCUT2D eigenvalue weighted by Crippen LogP contribution is 2.12. The second-order valence-electron chi connectivity index (χ2n) is 7.12. The third-order valence-corrected chi connectivity index (χ3v) is 5.35. The van der Waals surface area contributed by atoms with Crippen molar-refractivity contribution in [3.05, 3.63) is 59.9 Å². The van der Waals surface area contributed by atoms with Crippen LogP contribution in [-0.4, -0.2) is 45.2 Å². The minimum absolute atomic E-state index is 0.131. The summed E-state index contributed by atoms with van der Waals surface area (Å²) in [6.07, 6.45) is 0. The van der Waals surface area contributed by atoms with Gasteiger partial charge in [-0.1, -0.05) is 12.1 Å². The zero-order valence-corrected chi connectivity index (χ0v) is 15.9. The number of ether oxygens (including phenoxy) is 1. The number of anilines is 1. The summed E-state index contributed by atoms with van der Waals surface area (Å²) in [5, 5.41) is 2.72. The molecule has 1 aliphatic rings. The number of methoxy groups -OCH3 is 1. The van der Waals surface area contributed by atoms with E-state index in [-0.39, 0.29) is 17.6 Å². The van der Waals surface area contributed by atoms with Crippen LogP contribution in [-0.2, 0) is 11.3 Å². The Labute approximate surface area is 159 Å². The molecule has 1 saturated heterocycles. The Hall–Kier alpha value is -2.44. The fourth-order valence-electron chi connectivity index (χ4n) is 3.56. The van der Waals surface area contributed by atoms with Gasteiger partial charge in [-0.15, -0.1) is 0 Å². The van der Waals surface area contributed by atoms with Crippen molar-refractivity contribution in [2.75, 3.05) is 38.6 Å². The first kappa shape index (κ1) is 19.3. The van der Waals surface area contributed by atoms with E-state index in [1.54, 1.807) is 25.3 Å². The smallest absolute Gasteiger partial charge is 0.282 e. The normalized spacial score (nSPS) is 20.7. The van der Waals surface area contributed by atoms with Crippen LogP contribution < -0.4 is 19.9 Å². The molecule has 0 aromatic heterocycles. The number of halogens is 1. The average molecular weight is 373 g/mol. The lowest BCUT2D eigenvalue weighted by molar-refractivity contribution is -1.02. The van der Waals surface area contributed by atoms with E-state index < -0.39 is 5.82 Å². The number of nitrogens with one attached hydrogen (secondary N) is 3. The maximum absolute atomic E-state index is 13.7. The molecule has 1 aliphatic heterocycles. The molecule has 0 unspecified atom stereocenters. The number of hydrogen-bond donors (Lipinski definition) is 3. The summed E-state index contributed by atoms with van der Waals surface area (Å²) >= 11 is 0. The third-order valence-electron chi connectivity index (χ3n) is 5.35. The average Bonchev–Trinajstić information content (AvgIpc) is 2.70. The number of benzene rings is 2. The summed E-state index contributed by atoms with van der Waals surface area (Å²) in [6.45, 7) is 6.78. The van der Waals surface area contributed by atoms with Gasteiger partial charge < -0.3 is 19.9 Å². The molecule has 2 aromatic carbocycles. The van der Waals surface area contributed by atoms with Crippen LogP contribution in [0.2, 0.25) is 0 Å². The zero-order chi connectivity index (χ0) is 19.2. The van der Waals surface area contributed by atoms with Gasteiger partial charge in [0.2, 0.25) is 0 Å². The fourth-order valence-corrected chi connectivity index (χ4v) is 3.56. The van der Waals surface area contributed by atoms with Crippen LogP contribution in [0.15, 0.2) is 48.5 Å². The SMILES string of the molecule is COc1ccc(C[NH+]2CC[NH+]([C@H](C)C(=O)Nc3ccccc3F)CC2)cc1. The lowest BCUT2D eigenvalue weighted by Crippen LogP contribution is -3.29. The maximum atomic E-state index is 13.7. The lowest BCUT2D eigenvalue weighted by Gasteiger charge is -2.32. The molecular weight excluding hydrogens is 345 g/mol. The van der Waals surface area contributed by atoms with Crippen molar-refractivity contribution in [3.8, 4) is 5.75 Å². The van der Waals surface area contributed by atoms with Crippen molar-refractivity contribution in [1.29, 1.82) is 0 Å². The molecule has 0 saturated carbocycles. The Bertz CT molecular complexity index is 758. The van der Waals surface area contributed by atoms with Crippen molar-refractivity contribution in [2.24, 2.45) is 0 Å². The molecule has 3 N–H and O–H groups in total. The van der Waals surface area contributed by atoms with Gasteiger partial charge in [0.25, 0.3) is 5.91 Å². The molecule has 0 aliphatic carbocycles. The molecule has 27 heavy (non-hydrogen) atoms. The molecule has 1 fully saturated rings. The first-order valence-corrected chi connectivity index (χ1v) is 9.43. The maximum Gasteiger partial charge on any atom is 0.282 e. The van der Waals surface area contributed by atoms with Gasteiger partial charge in [-0.25, -0.2) is 4.39 Å². The van der Waals surface area contributed by atoms with Gasteiger partial charge in [0.15, 0.2) is 6.04 Å². The Morgan fingerprint density at radius 1 is 1.11 bits per heavy atom. The number of amides is 1. The fraction of sp³-hybridized carbons (Fsp3) is 0.381. The summed E-state index contributed by atoms with van der Waals surface area (Å²) in [5.41, 5.74) is 1.54. The number of para-hydroxylation sites is 1. The van der Waals surface area contributed by atoms with E-state index in [1.807, 2.05) is 19.1 Å². The number of carbonyl (C=O) groups excluding carboxylic acids is 1. The Balaban J connectivity index is 1.49. The van der Waals surface area contributed by atoms with E-state index in [4.69, 9.17) is 4.74 Å². The molecule has 6 heteroatoms. The molecule has 1 amide bonds. The van der Waals surface area contributed by atoms with Crippen molar-refractivity contribution >= 4 is 11.6 Å². The largest absolute Gasteiger partial charge is 0.497 e. The number of piperazine rings is 1. The van der Waals surface area contributed by atoms with E-state index >= 15 is 0 Å². The zero-order valence-electron chi connectivity index (χ0n) is 15.9. The van der Waals surface area contributed by atoms with Crippen molar-refractivity contribution in [3.63, 3.8) is 0 Å². The van der Waals surface area contributed by atoms with Crippen molar-refractivity contribution < 1.29 is 23.7 Å². The molecule has 5 nitrogen and oxygen atoms in total. The van der Waals surface area contributed by atoms with Crippen LogP contribution in [0.5, 0.6) is 5.75 Å². The summed E-state index contributed by atoms with van der Waals surface area (Å²) < 4.78 is 18.9. The minimum Gasteiger partial charge on any atom is -0.497 e. The van der Waals surface area contributed by atoms with E-state index in [9.17, 15) is 9.18 Å². The summed E-state index contributed by atoms with van der Waals surface area (Å²) in [6, 6.07) is 14.3. The highest BCUT2D eigenvalue weighted by molar-refractivity contribution is 5.93. The number of rotatable bonds is 6. The third kappa shape index (κ3) is 5.05. The standard InChI is InChI=1S/C21H26FN3O2/c1-16(21(26)23-20-6-4-3-5-19(20)22)25-13-11-24(12-14-25)15-17-7-9-18(27-2)10-8-17/h3-10,16H,11-15H2,1-2H3,(H,23,26)/p+2/t16-/m1/s1. The molecule has 2 aromatic rings. The molecule has 3 rings (SSSR count). The first-order valence-electron chi connectivity index (χ1n) is 9.43. The van der Waals surface area contributed by atoms with Crippen molar-refractivity contribution in [2.45, 2.75) is 19.5 Å². The highest BCUT2D eigenvalue weighted by Gasteiger charge is 2.31. The summed E-state index contributed by atoms with van der Waals surface area (Å²) in [7, 11) is 1.67. The van der Waals surface area contributed by atoms with Crippen LogP contribution in [0.4, 0.5) is 10.1 Å². The van der Waals surface area contributed by atoms with Gasteiger partial charge >= 0.3 is 0 Å². The number of carbonyl (C=O) groups is 1. The van der Waals surface area contributed by atoms with Crippen LogP contribution in [0.3, 0.4) is 0 Å². The van der Waals surface area contributed by atoms with Gasteiger partial charge in [-0.05, 0) is 43.3 Å². The number of hydrogen-bond acceptors (Lipinski definition) is 2. The Morgan fingerprint density at radius 3 is 2.41 bits per heavy atom. The van der Waals surface area contributed by atoms with Crippen LogP contribution >= 0.6 is 0 Å². The summed E-state index contributed by atoms with van der Waals surface area (Å²) in [4.78, 5) is 15.3. The second-order valence-corrected chi connectivity index (χ2v) is 7.12. The van der Waals surface area contributed by atoms with Crippen LogP contribution in [0.1, 0.15) is 12.5 Å². The topological polar surface area (TPSA) is 47.2 Å². The van der Waals surface area contributed by atoms with E-state index in [1.165, 1.54) is 21.4 Å². The molecule has 0 bridgehead atoms. The summed E-state index contributed by atoms with van der Waals surface area (Å²) in [5.74, 6) is 0.341. The molecular formula is C21H28FN3O2+2. The van der Waals surface area contributed by atoms with E-state index in [0.717, 1.165) is 38.5 Å². The highest BCUT2D eigenvalue weighted by atomic mass is 19.1. The monoisotopic (exact) mass is 373 g/mol. The molecule has 1 heterocycles. The second kappa shape index (κ2) is 8.97. The Kier molecular flexibility index (Phi) is 6.42. The molecule has 0 radical (unpaired) electrons.